The summed E-state index contributed by atoms with van der Waals surface area (Å²) >= 11 is 0. The van der Waals surface area contributed by atoms with E-state index in [4.69, 9.17) is 0 Å². The highest BCUT2D eigenvalue weighted by Crippen LogP contribution is 2.19. The number of hydrogen-bond donors (Lipinski definition) is 1. The Morgan fingerprint density at radius 2 is 2.30 bits per heavy atom. The van der Waals surface area contributed by atoms with Gasteiger partial charge in [0, 0.05) is 55.3 Å². The number of anilines is 1. The van der Waals surface area contributed by atoms with Gasteiger partial charge in [-0.3, -0.25) is 9.78 Å². The van der Waals surface area contributed by atoms with Crippen molar-refractivity contribution in [1.29, 1.82) is 0 Å². The minimum atomic E-state index is 0.212. The SMILES string of the molecule is CCC(=O)N1CCC(Nc2cc(C)nc(-c3cccnc3)n2)C1. The minimum absolute atomic E-state index is 0.212. The van der Waals surface area contributed by atoms with Gasteiger partial charge in [-0.2, -0.15) is 0 Å². The molecule has 1 aliphatic heterocycles. The molecular formula is C17H21N5O. The van der Waals surface area contributed by atoms with Gasteiger partial charge in [-0.25, -0.2) is 9.97 Å². The van der Waals surface area contributed by atoms with E-state index in [9.17, 15) is 4.79 Å². The minimum Gasteiger partial charge on any atom is -0.365 e. The summed E-state index contributed by atoms with van der Waals surface area (Å²) in [6.07, 6.45) is 4.99. The van der Waals surface area contributed by atoms with E-state index in [1.54, 1.807) is 12.4 Å². The Morgan fingerprint density at radius 3 is 3.04 bits per heavy atom. The van der Waals surface area contributed by atoms with Crippen LogP contribution in [0.25, 0.3) is 11.4 Å². The number of rotatable bonds is 4. The van der Waals surface area contributed by atoms with Gasteiger partial charge in [0.2, 0.25) is 5.91 Å². The van der Waals surface area contributed by atoms with Crippen molar-refractivity contribution >= 4 is 11.7 Å². The van der Waals surface area contributed by atoms with Crippen LogP contribution in [0.1, 0.15) is 25.5 Å². The average Bonchev–Trinajstić information content (AvgIpc) is 3.03. The third kappa shape index (κ3) is 3.64. The van der Waals surface area contributed by atoms with Gasteiger partial charge in [-0.1, -0.05) is 6.92 Å². The van der Waals surface area contributed by atoms with E-state index in [1.165, 1.54) is 0 Å². The maximum atomic E-state index is 11.8. The summed E-state index contributed by atoms with van der Waals surface area (Å²) in [4.78, 5) is 26.9. The van der Waals surface area contributed by atoms with Crippen molar-refractivity contribution in [2.24, 2.45) is 0 Å². The zero-order chi connectivity index (χ0) is 16.2. The molecule has 1 unspecified atom stereocenters. The molecule has 1 amide bonds. The zero-order valence-electron chi connectivity index (χ0n) is 13.5. The van der Waals surface area contributed by atoms with Crippen molar-refractivity contribution in [3.8, 4) is 11.4 Å². The van der Waals surface area contributed by atoms with Gasteiger partial charge < -0.3 is 10.2 Å². The number of carbonyl (C=O) groups is 1. The molecule has 0 spiro atoms. The summed E-state index contributed by atoms with van der Waals surface area (Å²) < 4.78 is 0. The molecule has 6 nitrogen and oxygen atoms in total. The lowest BCUT2D eigenvalue weighted by Crippen LogP contribution is -2.31. The number of aromatic nitrogens is 3. The van der Waals surface area contributed by atoms with Gasteiger partial charge in [-0.05, 0) is 25.5 Å². The first-order valence-electron chi connectivity index (χ1n) is 7.96. The van der Waals surface area contributed by atoms with Crippen LogP contribution < -0.4 is 5.32 Å². The largest absolute Gasteiger partial charge is 0.365 e. The van der Waals surface area contributed by atoms with Gasteiger partial charge in [-0.15, -0.1) is 0 Å². The van der Waals surface area contributed by atoms with E-state index in [2.05, 4.69) is 20.3 Å². The van der Waals surface area contributed by atoms with Gasteiger partial charge in [0.05, 0.1) is 0 Å². The predicted molar refractivity (Wildman–Crippen MR) is 88.9 cm³/mol. The molecule has 3 heterocycles. The van der Waals surface area contributed by atoms with Crippen LogP contribution in [-0.2, 0) is 4.79 Å². The molecule has 1 atom stereocenters. The Bertz CT molecular complexity index is 689. The van der Waals surface area contributed by atoms with E-state index in [0.717, 1.165) is 36.6 Å². The van der Waals surface area contributed by atoms with Crippen molar-refractivity contribution in [2.45, 2.75) is 32.7 Å². The molecule has 0 bridgehead atoms. The van der Waals surface area contributed by atoms with Gasteiger partial charge in [0.15, 0.2) is 5.82 Å². The molecule has 1 saturated heterocycles. The molecule has 1 fully saturated rings. The molecule has 0 aromatic carbocycles. The van der Waals surface area contributed by atoms with Crippen LogP contribution in [0.5, 0.6) is 0 Å². The zero-order valence-corrected chi connectivity index (χ0v) is 13.5. The highest BCUT2D eigenvalue weighted by molar-refractivity contribution is 5.76. The molecule has 3 rings (SSSR count). The Hall–Kier alpha value is -2.50. The van der Waals surface area contributed by atoms with E-state index < -0.39 is 0 Å². The Kier molecular flexibility index (Phi) is 4.50. The summed E-state index contributed by atoms with van der Waals surface area (Å²) in [5.74, 6) is 1.68. The van der Waals surface area contributed by atoms with E-state index in [0.29, 0.717) is 12.2 Å². The maximum absolute atomic E-state index is 11.8. The lowest BCUT2D eigenvalue weighted by atomic mass is 10.2. The highest BCUT2D eigenvalue weighted by atomic mass is 16.2. The number of nitrogens with one attached hydrogen (secondary N) is 1. The van der Waals surface area contributed by atoms with Crippen LogP contribution in [0.3, 0.4) is 0 Å². The molecule has 1 aliphatic rings. The lowest BCUT2D eigenvalue weighted by molar-refractivity contribution is -0.129. The molecule has 23 heavy (non-hydrogen) atoms. The van der Waals surface area contributed by atoms with Crippen molar-refractivity contribution in [3.63, 3.8) is 0 Å². The number of aryl methyl sites for hydroxylation is 1. The summed E-state index contributed by atoms with van der Waals surface area (Å²) in [7, 11) is 0. The second kappa shape index (κ2) is 6.73. The lowest BCUT2D eigenvalue weighted by Gasteiger charge is -2.17. The topological polar surface area (TPSA) is 71.0 Å². The van der Waals surface area contributed by atoms with Crippen molar-refractivity contribution in [3.05, 3.63) is 36.3 Å². The molecule has 6 heteroatoms. The fourth-order valence-electron chi connectivity index (χ4n) is 2.80. The number of nitrogens with zero attached hydrogens (tertiary/aromatic N) is 4. The highest BCUT2D eigenvalue weighted by Gasteiger charge is 2.25. The van der Waals surface area contributed by atoms with Crippen LogP contribution in [0, 0.1) is 6.92 Å². The molecule has 0 saturated carbocycles. The summed E-state index contributed by atoms with van der Waals surface area (Å²) in [6.45, 7) is 5.40. The number of carbonyl (C=O) groups excluding carboxylic acids is 1. The fourth-order valence-corrected chi connectivity index (χ4v) is 2.80. The Balaban J connectivity index is 1.74. The smallest absolute Gasteiger partial charge is 0.222 e. The van der Waals surface area contributed by atoms with Crippen LogP contribution >= 0.6 is 0 Å². The number of hydrogen-bond acceptors (Lipinski definition) is 5. The third-order valence-electron chi connectivity index (χ3n) is 3.97. The average molecular weight is 311 g/mol. The number of amides is 1. The first-order valence-corrected chi connectivity index (χ1v) is 7.96. The number of likely N-dealkylation sites (tertiary alicyclic amines) is 1. The maximum Gasteiger partial charge on any atom is 0.222 e. The Labute approximate surface area is 136 Å². The Morgan fingerprint density at radius 1 is 1.43 bits per heavy atom. The molecule has 1 N–H and O–H groups in total. The van der Waals surface area contributed by atoms with Gasteiger partial charge >= 0.3 is 0 Å². The second-order valence-electron chi connectivity index (χ2n) is 5.78. The van der Waals surface area contributed by atoms with Crippen molar-refractivity contribution in [1.82, 2.24) is 19.9 Å². The molecule has 2 aromatic heterocycles. The van der Waals surface area contributed by atoms with Crippen LogP contribution in [0.15, 0.2) is 30.6 Å². The molecule has 0 aliphatic carbocycles. The first kappa shape index (κ1) is 15.4. The predicted octanol–water partition coefficient (Wildman–Crippen LogP) is 2.27. The van der Waals surface area contributed by atoms with Crippen LogP contribution in [-0.4, -0.2) is 44.9 Å². The van der Waals surface area contributed by atoms with Gasteiger partial charge in [0.25, 0.3) is 0 Å². The van der Waals surface area contributed by atoms with E-state index >= 15 is 0 Å². The second-order valence-corrected chi connectivity index (χ2v) is 5.78. The standard InChI is InChI=1S/C17H21N5O/c1-3-16(23)22-8-6-14(11-22)20-15-9-12(2)19-17(21-15)13-5-4-7-18-10-13/h4-5,7,9-10,14H,3,6,8,11H2,1-2H3,(H,19,20,21). The fraction of sp³-hybridized carbons (Fsp3) is 0.412. The molecule has 2 aromatic rings. The van der Waals surface area contributed by atoms with Crippen LogP contribution in [0.4, 0.5) is 5.82 Å². The molecule has 0 radical (unpaired) electrons. The summed E-state index contributed by atoms with van der Waals surface area (Å²) in [5, 5.41) is 3.44. The van der Waals surface area contributed by atoms with Crippen molar-refractivity contribution < 1.29 is 4.79 Å². The van der Waals surface area contributed by atoms with E-state index in [-0.39, 0.29) is 11.9 Å². The monoisotopic (exact) mass is 311 g/mol. The summed E-state index contributed by atoms with van der Waals surface area (Å²) in [5.41, 5.74) is 1.80. The van der Waals surface area contributed by atoms with Crippen LogP contribution in [0.2, 0.25) is 0 Å². The normalized spacial score (nSPS) is 17.3. The van der Waals surface area contributed by atoms with Gasteiger partial charge in [0.1, 0.15) is 5.82 Å². The quantitative estimate of drug-likeness (QED) is 0.938. The molecule has 120 valence electrons. The van der Waals surface area contributed by atoms with E-state index in [1.807, 2.05) is 36.9 Å². The third-order valence-corrected chi connectivity index (χ3v) is 3.97. The first-order chi connectivity index (χ1) is 11.2. The van der Waals surface area contributed by atoms with Crippen molar-refractivity contribution in [2.75, 3.05) is 18.4 Å². The number of pyridine rings is 1. The summed E-state index contributed by atoms with van der Waals surface area (Å²) in [6, 6.07) is 5.99. The molecular weight excluding hydrogens is 290 g/mol.